The van der Waals surface area contributed by atoms with Crippen LogP contribution in [0.25, 0.3) is 6.08 Å². The molecule has 0 bridgehead atoms. The van der Waals surface area contributed by atoms with Gasteiger partial charge in [0.25, 0.3) is 0 Å². The van der Waals surface area contributed by atoms with Gasteiger partial charge < -0.3 is 20.8 Å². The quantitative estimate of drug-likeness (QED) is 0.647. The van der Waals surface area contributed by atoms with Crippen LogP contribution in [0.1, 0.15) is 21.5 Å². The zero-order valence-corrected chi connectivity index (χ0v) is 14.2. The molecular weight excluding hydrogens is 324 g/mol. The lowest BCUT2D eigenvalue weighted by atomic mass is 10.1. The molecule has 0 aliphatic carbocycles. The zero-order chi connectivity index (χ0) is 18.2. The normalized spacial score (nSPS) is 11.0. The van der Waals surface area contributed by atoms with Crippen molar-refractivity contribution >= 4 is 17.7 Å². The standard InChI is InChI=1S/C22H20N2O2/c25-22(26)19-12-7-13-20(16-19)23-24-21(14-17-8-3-1-4-9-17)15-18-10-5-2-6-11-18/h1-14,16,23-24H,15H2,(H,25,26)/p-1. The highest BCUT2D eigenvalue weighted by atomic mass is 16.4. The van der Waals surface area contributed by atoms with E-state index in [0.29, 0.717) is 12.1 Å². The van der Waals surface area contributed by atoms with Crippen LogP contribution in [0, 0.1) is 0 Å². The second-order valence-corrected chi connectivity index (χ2v) is 5.86. The maximum atomic E-state index is 11.0. The number of rotatable bonds is 7. The summed E-state index contributed by atoms with van der Waals surface area (Å²) in [6.07, 6.45) is 2.77. The third kappa shape index (κ3) is 4.98. The van der Waals surface area contributed by atoms with E-state index in [1.54, 1.807) is 12.1 Å². The molecule has 26 heavy (non-hydrogen) atoms. The van der Waals surface area contributed by atoms with Crippen LogP contribution in [-0.2, 0) is 6.42 Å². The number of anilines is 1. The van der Waals surface area contributed by atoms with Crippen molar-refractivity contribution in [2.24, 2.45) is 0 Å². The van der Waals surface area contributed by atoms with Crippen molar-refractivity contribution in [1.82, 2.24) is 5.43 Å². The first-order valence-electron chi connectivity index (χ1n) is 8.34. The number of carboxylic acid groups (broad SMARTS) is 1. The average molecular weight is 343 g/mol. The highest BCUT2D eigenvalue weighted by Gasteiger charge is 2.02. The number of hydrogen-bond donors (Lipinski definition) is 2. The predicted molar refractivity (Wildman–Crippen MR) is 102 cm³/mol. The van der Waals surface area contributed by atoms with Gasteiger partial charge in [-0.25, -0.2) is 0 Å². The van der Waals surface area contributed by atoms with Crippen molar-refractivity contribution in [3.05, 3.63) is 107 Å². The van der Waals surface area contributed by atoms with Crippen LogP contribution < -0.4 is 16.0 Å². The van der Waals surface area contributed by atoms with E-state index in [4.69, 9.17) is 0 Å². The summed E-state index contributed by atoms with van der Waals surface area (Å²) in [4.78, 5) is 11.0. The Morgan fingerprint density at radius 3 is 2.27 bits per heavy atom. The molecule has 0 radical (unpaired) electrons. The third-order valence-electron chi connectivity index (χ3n) is 3.84. The SMILES string of the molecule is O=C([O-])c1cccc(NNC(=Cc2ccccc2)Cc2ccccc2)c1. The lowest BCUT2D eigenvalue weighted by Gasteiger charge is -2.15. The van der Waals surface area contributed by atoms with Gasteiger partial charge in [0, 0.05) is 12.1 Å². The Balaban J connectivity index is 1.78. The van der Waals surface area contributed by atoms with Gasteiger partial charge in [-0.1, -0.05) is 72.8 Å². The number of hydrogen-bond acceptors (Lipinski definition) is 4. The minimum Gasteiger partial charge on any atom is -0.545 e. The highest BCUT2D eigenvalue weighted by molar-refractivity contribution is 5.87. The van der Waals surface area contributed by atoms with E-state index >= 15 is 0 Å². The molecule has 130 valence electrons. The summed E-state index contributed by atoms with van der Waals surface area (Å²) in [7, 11) is 0. The monoisotopic (exact) mass is 343 g/mol. The Bertz CT molecular complexity index is 890. The van der Waals surface area contributed by atoms with Crippen LogP contribution in [0.15, 0.2) is 90.6 Å². The molecule has 0 fully saturated rings. The van der Waals surface area contributed by atoms with E-state index in [1.165, 1.54) is 17.7 Å². The number of nitrogens with one attached hydrogen (secondary N) is 2. The van der Waals surface area contributed by atoms with Crippen molar-refractivity contribution in [1.29, 1.82) is 0 Å². The van der Waals surface area contributed by atoms with Crippen molar-refractivity contribution in [2.75, 3.05) is 5.43 Å². The third-order valence-corrected chi connectivity index (χ3v) is 3.84. The van der Waals surface area contributed by atoms with Gasteiger partial charge in [0.1, 0.15) is 0 Å². The lowest BCUT2D eigenvalue weighted by molar-refractivity contribution is -0.255. The molecule has 3 rings (SSSR count). The van der Waals surface area contributed by atoms with Crippen molar-refractivity contribution in [3.63, 3.8) is 0 Å². The van der Waals surface area contributed by atoms with Crippen LogP contribution in [0.5, 0.6) is 0 Å². The fourth-order valence-corrected chi connectivity index (χ4v) is 2.57. The number of allylic oxidation sites excluding steroid dienone is 1. The van der Waals surface area contributed by atoms with E-state index in [-0.39, 0.29) is 5.56 Å². The summed E-state index contributed by atoms with van der Waals surface area (Å²) in [6, 6.07) is 26.7. The maximum absolute atomic E-state index is 11.0. The van der Waals surface area contributed by atoms with Gasteiger partial charge in [-0.15, -0.1) is 0 Å². The van der Waals surface area contributed by atoms with E-state index < -0.39 is 5.97 Å². The predicted octanol–water partition coefficient (Wildman–Crippen LogP) is 3.25. The summed E-state index contributed by atoms with van der Waals surface area (Å²) in [5, 5.41) is 11.0. The van der Waals surface area contributed by atoms with E-state index in [2.05, 4.69) is 29.1 Å². The number of hydrazine groups is 1. The van der Waals surface area contributed by atoms with Gasteiger partial charge in [-0.05, 0) is 34.9 Å². The van der Waals surface area contributed by atoms with Crippen LogP contribution in [0.4, 0.5) is 5.69 Å². The smallest absolute Gasteiger partial charge is 0.0716 e. The fourth-order valence-electron chi connectivity index (χ4n) is 2.57. The maximum Gasteiger partial charge on any atom is 0.0716 e. The molecule has 0 spiro atoms. The van der Waals surface area contributed by atoms with E-state index in [9.17, 15) is 9.90 Å². The molecule has 0 saturated carbocycles. The molecule has 4 heteroatoms. The number of carbonyl (C=O) groups is 1. The molecule has 4 nitrogen and oxygen atoms in total. The summed E-state index contributed by atoms with van der Waals surface area (Å²) in [5.74, 6) is -1.20. The molecule has 3 aromatic rings. The largest absolute Gasteiger partial charge is 0.545 e. The first-order valence-corrected chi connectivity index (χ1v) is 8.34. The van der Waals surface area contributed by atoms with Crippen LogP contribution >= 0.6 is 0 Å². The summed E-state index contributed by atoms with van der Waals surface area (Å²) >= 11 is 0. The second-order valence-electron chi connectivity index (χ2n) is 5.86. The summed E-state index contributed by atoms with van der Waals surface area (Å²) in [5.41, 5.74) is 10.3. The first-order chi connectivity index (χ1) is 12.7. The topological polar surface area (TPSA) is 64.2 Å². The van der Waals surface area contributed by atoms with Gasteiger partial charge in [0.05, 0.1) is 11.7 Å². The fraction of sp³-hybridized carbons (Fsp3) is 0.0455. The summed E-state index contributed by atoms with van der Waals surface area (Å²) < 4.78 is 0. The molecule has 0 aliphatic rings. The van der Waals surface area contributed by atoms with Gasteiger partial charge in [0.2, 0.25) is 0 Å². The van der Waals surface area contributed by atoms with Gasteiger partial charge in [-0.2, -0.15) is 0 Å². The molecule has 0 heterocycles. The Morgan fingerprint density at radius 1 is 0.885 bits per heavy atom. The Labute approximate surface area is 152 Å². The molecular formula is C22H19N2O2-. The highest BCUT2D eigenvalue weighted by Crippen LogP contribution is 2.13. The molecule has 0 atom stereocenters. The minimum atomic E-state index is -1.20. The molecule has 0 aliphatic heterocycles. The molecule has 0 amide bonds. The molecule has 0 aromatic heterocycles. The molecule has 0 saturated heterocycles. The van der Waals surface area contributed by atoms with Crippen molar-refractivity contribution < 1.29 is 9.90 Å². The number of carboxylic acids is 1. The molecule has 2 N–H and O–H groups in total. The van der Waals surface area contributed by atoms with Gasteiger partial charge in [0.15, 0.2) is 0 Å². The number of aromatic carboxylic acids is 1. The summed E-state index contributed by atoms with van der Waals surface area (Å²) in [6.45, 7) is 0. The second kappa shape index (κ2) is 8.53. The Kier molecular flexibility index (Phi) is 5.68. The first kappa shape index (κ1) is 17.3. The number of carbonyl (C=O) groups excluding carboxylic acids is 1. The lowest BCUT2D eigenvalue weighted by Crippen LogP contribution is -2.24. The Morgan fingerprint density at radius 2 is 1.58 bits per heavy atom. The number of benzene rings is 3. The van der Waals surface area contributed by atoms with E-state index in [1.807, 2.05) is 48.5 Å². The van der Waals surface area contributed by atoms with Crippen LogP contribution in [0.2, 0.25) is 0 Å². The van der Waals surface area contributed by atoms with E-state index in [0.717, 1.165) is 11.3 Å². The minimum absolute atomic E-state index is 0.133. The van der Waals surface area contributed by atoms with Crippen LogP contribution in [-0.4, -0.2) is 5.97 Å². The zero-order valence-electron chi connectivity index (χ0n) is 14.2. The molecule has 0 unspecified atom stereocenters. The van der Waals surface area contributed by atoms with Gasteiger partial charge in [-0.3, -0.25) is 0 Å². The van der Waals surface area contributed by atoms with Crippen molar-refractivity contribution in [3.8, 4) is 0 Å². The van der Waals surface area contributed by atoms with Gasteiger partial charge >= 0.3 is 0 Å². The van der Waals surface area contributed by atoms with Crippen LogP contribution in [0.3, 0.4) is 0 Å². The van der Waals surface area contributed by atoms with Crippen molar-refractivity contribution in [2.45, 2.75) is 6.42 Å². The average Bonchev–Trinajstić information content (AvgIpc) is 2.68. The Hall–Kier alpha value is -3.53. The molecule has 3 aromatic carbocycles.